The van der Waals surface area contributed by atoms with Gasteiger partial charge in [0.25, 0.3) is 0 Å². The molecule has 4 rings (SSSR count). The third kappa shape index (κ3) is 5.50. The van der Waals surface area contributed by atoms with Crippen LogP contribution in [0.25, 0.3) is 0 Å². The van der Waals surface area contributed by atoms with Gasteiger partial charge in [-0.15, -0.1) is 0 Å². The van der Waals surface area contributed by atoms with Crippen LogP contribution in [0.3, 0.4) is 0 Å². The Labute approximate surface area is 192 Å². The average molecular weight is 462 g/mol. The molecule has 0 radical (unpaired) electrons. The van der Waals surface area contributed by atoms with Crippen LogP contribution in [0.2, 0.25) is 0 Å². The number of ether oxygens (including phenoxy) is 1. The largest absolute Gasteiger partial charge is 0.416 e. The van der Waals surface area contributed by atoms with Crippen LogP contribution in [0.15, 0.2) is 48.5 Å². The molecule has 2 aromatic carbocycles. The van der Waals surface area contributed by atoms with E-state index in [-0.39, 0.29) is 11.9 Å². The number of benzene rings is 2. The molecule has 2 heterocycles. The highest BCUT2D eigenvalue weighted by Crippen LogP contribution is 2.39. The summed E-state index contributed by atoms with van der Waals surface area (Å²) >= 11 is 0. The third-order valence-electron chi connectivity index (χ3n) is 6.53. The van der Waals surface area contributed by atoms with Gasteiger partial charge in [0.05, 0.1) is 17.5 Å². The van der Waals surface area contributed by atoms with E-state index in [4.69, 9.17) is 4.74 Å². The quantitative estimate of drug-likeness (QED) is 0.639. The van der Waals surface area contributed by atoms with Crippen LogP contribution in [0.1, 0.15) is 23.1 Å². The average Bonchev–Trinajstić information content (AvgIpc) is 2.81. The summed E-state index contributed by atoms with van der Waals surface area (Å²) in [6, 6.07) is 14.0. The zero-order valence-corrected chi connectivity index (χ0v) is 18.8. The van der Waals surface area contributed by atoms with Crippen molar-refractivity contribution in [3.63, 3.8) is 0 Å². The van der Waals surface area contributed by atoms with E-state index < -0.39 is 17.7 Å². The van der Waals surface area contributed by atoms with Gasteiger partial charge < -0.3 is 15.0 Å². The Morgan fingerprint density at radius 1 is 1.15 bits per heavy atom. The molecule has 0 bridgehead atoms. The molecule has 2 aliphatic rings. The van der Waals surface area contributed by atoms with Crippen LogP contribution >= 0.6 is 0 Å². The molecule has 0 aliphatic carbocycles. The molecule has 1 fully saturated rings. The van der Waals surface area contributed by atoms with Crippen LogP contribution in [0.5, 0.6) is 0 Å². The number of carbonyl (C=O) groups excluding carboxylic acids is 1. The Morgan fingerprint density at radius 2 is 1.94 bits per heavy atom. The molecule has 2 atom stereocenters. The zero-order chi connectivity index (χ0) is 23.4. The molecule has 2 aliphatic heterocycles. The highest BCUT2D eigenvalue weighted by molar-refractivity contribution is 5.82. The number of nitrogens with one attached hydrogen (secondary N) is 1. The van der Waals surface area contributed by atoms with Gasteiger partial charge in [0.2, 0.25) is 5.91 Å². The van der Waals surface area contributed by atoms with Crippen molar-refractivity contribution in [2.45, 2.75) is 31.6 Å². The summed E-state index contributed by atoms with van der Waals surface area (Å²) in [5.74, 6) is -0.521. The van der Waals surface area contributed by atoms with Crippen molar-refractivity contribution in [3.8, 4) is 0 Å². The number of rotatable bonds is 7. The molecule has 178 valence electrons. The second-order valence-corrected chi connectivity index (χ2v) is 8.77. The van der Waals surface area contributed by atoms with E-state index in [1.807, 2.05) is 18.2 Å². The van der Waals surface area contributed by atoms with E-state index in [9.17, 15) is 18.0 Å². The number of methoxy groups -OCH3 is 1. The van der Waals surface area contributed by atoms with E-state index in [1.54, 1.807) is 13.2 Å². The SMILES string of the molecule is COCCCNC(=O)[C@@H]1Cc2cc(C(F)(F)F)ccc2N2CCN(Cc3ccccc3)C[C@@H]12. The van der Waals surface area contributed by atoms with Gasteiger partial charge in [0, 0.05) is 52.1 Å². The second-order valence-electron chi connectivity index (χ2n) is 8.77. The first-order valence-electron chi connectivity index (χ1n) is 11.4. The maximum absolute atomic E-state index is 13.3. The van der Waals surface area contributed by atoms with Crippen LogP contribution < -0.4 is 10.2 Å². The molecule has 2 aromatic rings. The first-order valence-corrected chi connectivity index (χ1v) is 11.4. The fourth-order valence-electron chi connectivity index (χ4n) is 4.90. The number of nitrogens with zero attached hydrogens (tertiary/aromatic N) is 2. The third-order valence-corrected chi connectivity index (χ3v) is 6.53. The molecule has 1 amide bonds. The standard InChI is InChI=1S/C25H30F3N3O2/c1-33-13-5-10-29-24(32)21-15-19-14-20(25(26,27)28)8-9-22(19)31-12-11-30(17-23(21)31)16-18-6-3-2-4-7-18/h2-4,6-9,14,21,23H,5,10-13,15-17H2,1H3,(H,29,32)/t21-,23+/m1/s1. The van der Waals surface area contributed by atoms with Gasteiger partial charge in [-0.05, 0) is 42.2 Å². The lowest BCUT2D eigenvalue weighted by Gasteiger charge is -2.49. The van der Waals surface area contributed by atoms with Gasteiger partial charge in [-0.25, -0.2) is 0 Å². The van der Waals surface area contributed by atoms with Crippen LogP contribution in [0, 0.1) is 5.92 Å². The fourth-order valence-corrected chi connectivity index (χ4v) is 4.90. The molecule has 0 saturated carbocycles. The Balaban J connectivity index is 1.57. The summed E-state index contributed by atoms with van der Waals surface area (Å²) in [7, 11) is 1.61. The molecule has 1 saturated heterocycles. The van der Waals surface area contributed by atoms with Gasteiger partial charge in [-0.3, -0.25) is 9.69 Å². The van der Waals surface area contributed by atoms with Gasteiger partial charge in [-0.1, -0.05) is 30.3 Å². The molecule has 33 heavy (non-hydrogen) atoms. The molecule has 8 heteroatoms. The second kappa shape index (κ2) is 10.1. The monoisotopic (exact) mass is 461 g/mol. The number of amides is 1. The van der Waals surface area contributed by atoms with Crippen molar-refractivity contribution in [1.82, 2.24) is 10.2 Å². The van der Waals surface area contributed by atoms with Crippen molar-refractivity contribution < 1.29 is 22.7 Å². The lowest BCUT2D eigenvalue weighted by Crippen LogP contribution is -2.61. The smallest absolute Gasteiger partial charge is 0.385 e. The predicted molar refractivity (Wildman–Crippen MR) is 121 cm³/mol. The Bertz CT molecular complexity index is 952. The first kappa shape index (κ1) is 23.6. The normalized spacial score (nSPS) is 20.8. The number of halogens is 3. The lowest BCUT2D eigenvalue weighted by atomic mass is 9.82. The molecular formula is C25H30F3N3O2. The number of carbonyl (C=O) groups is 1. The van der Waals surface area contributed by atoms with Gasteiger partial charge in [0.1, 0.15) is 0 Å². The fraction of sp³-hybridized carbons (Fsp3) is 0.480. The highest BCUT2D eigenvalue weighted by Gasteiger charge is 2.42. The van der Waals surface area contributed by atoms with Crippen molar-refractivity contribution >= 4 is 11.6 Å². The van der Waals surface area contributed by atoms with Crippen LogP contribution in [0.4, 0.5) is 18.9 Å². The van der Waals surface area contributed by atoms with Crippen LogP contribution in [-0.2, 0) is 28.7 Å². The van der Waals surface area contributed by atoms with Crippen LogP contribution in [-0.4, -0.2) is 56.7 Å². The highest BCUT2D eigenvalue weighted by atomic mass is 19.4. The van der Waals surface area contributed by atoms with E-state index in [0.717, 1.165) is 24.8 Å². The number of alkyl halides is 3. The minimum absolute atomic E-state index is 0.0888. The van der Waals surface area contributed by atoms with Gasteiger partial charge >= 0.3 is 6.18 Å². The minimum Gasteiger partial charge on any atom is -0.385 e. The van der Waals surface area contributed by atoms with Crippen molar-refractivity contribution in [2.75, 3.05) is 44.8 Å². The summed E-state index contributed by atoms with van der Waals surface area (Å²) in [6.07, 6.45) is -3.41. The minimum atomic E-state index is -4.40. The summed E-state index contributed by atoms with van der Waals surface area (Å²) in [6.45, 7) is 3.96. The van der Waals surface area contributed by atoms with Crippen molar-refractivity contribution in [3.05, 3.63) is 65.2 Å². The van der Waals surface area contributed by atoms with E-state index >= 15 is 0 Å². The number of hydrogen-bond donors (Lipinski definition) is 1. The Morgan fingerprint density at radius 3 is 2.67 bits per heavy atom. The molecule has 0 aromatic heterocycles. The maximum Gasteiger partial charge on any atom is 0.416 e. The number of fused-ring (bicyclic) bond motifs is 3. The molecular weight excluding hydrogens is 431 g/mol. The maximum atomic E-state index is 13.3. The Kier molecular flexibility index (Phi) is 7.24. The molecule has 5 nitrogen and oxygen atoms in total. The van der Waals surface area contributed by atoms with E-state index in [1.165, 1.54) is 11.6 Å². The van der Waals surface area contributed by atoms with E-state index in [2.05, 4.69) is 27.2 Å². The van der Waals surface area contributed by atoms with Gasteiger partial charge in [0.15, 0.2) is 0 Å². The van der Waals surface area contributed by atoms with Crippen molar-refractivity contribution in [2.24, 2.45) is 5.92 Å². The number of anilines is 1. The number of piperazine rings is 1. The molecule has 1 N–H and O–H groups in total. The van der Waals surface area contributed by atoms with Crippen molar-refractivity contribution in [1.29, 1.82) is 0 Å². The van der Waals surface area contributed by atoms with E-state index in [0.29, 0.717) is 44.6 Å². The summed E-state index contributed by atoms with van der Waals surface area (Å²) in [5, 5.41) is 2.97. The number of hydrogen-bond acceptors (Lipinski definition) is 4. The van der Waals surface area contributed by atoms with Gasteiger partial charge in [-0.2, -0.15) is 13.2 Å². The topological polar surface area (TPSA) is 44.8 Å². The summed E-state index contributed by atoms with van der Waals surface area (Å²) < 4.78 is 45.0. The predicted octanol–water partition coefficient (Wildman–Crippen LogP) is 3.72. The summed E-state index contributed by atoms with van der Waals surface area (Å²) in [5.41, 5.74) is 1.95. The first-order chi connectivity index (χ1) is 15.9. The zero-order valence-electron chi connectivity index (χ0n) is 18.8. The Hall–Kier alpha value is -2.58. The molecule has 0 spiro atoms. The lowest BCUT2D eigenvalue weighted by molar-refractivity contribution is -0.137. The summed E-state index contributed by atoms with van der Waals surface area (Å²) in [4.78, 5) is 17.6. The molecule has 0 unspecified atom stereocenters.